The van der Waals surface area contributed by atoms with Gasteiger partial charge in [0.15, 0.2) is 5.96 Å². The van der Waals surface area contributed by atoms with Gasteiger partial charge in [0.05, 0.1) is 6.61 Å². The Morgan fingerprint density at radius 2 is 1.96 bits per heavy atom. The molecule has 0 bridgehead atoms. The molecule has 1 rings (SSSR count). The quantitative estimate of drug-likeness (QED) is 0.187. The number of guanidine groups is 1. The van der Waals surface area contributed by atoms with E-state index in [9.17, 15) is 0 Å². The van der Waals surface area contributed by atoms with E-state index in [0.717, 1.165) is 56.5 Å². The Morgan fingerprint density at radius 3 is 2.67 bits per heavy atom. The number of methoxy groups -OCH3 is 1. The summed E-state index contributed by atoms with van der Waals surface area (Å²) >= 11 is 0. The smallest absolute Gasteiger partial charge is 0.195 e. The van der Waals surface area contributed by atoms with Gasteiger partial charge >= 0.3 is 0 Å². The molecule has 0 aliphatic carbocycles. The summed E-state index contributed by atoms with van der Waals surface area (Å²) in [6, 6.07) is 7.90. The van der Waals surface area contributed by atoms with Crippen molar-refractivity contribution in [2.75, 3.05) is 51.9 Å². The van der Waals surface area contributed by atoms with Crippen molar-refractivity contribution in [3.8, 4) is 5.75 Å². The number of rotatable bonds is 13. The summed E-state index contributed by atoms with van der Waals surface area (Å²) in [6.07, 6.45) is 1.78. The van der Waals surface area contributed by atoms with Crippen LogP contribution in [0, 0.1) is 5.92 Å². The number of halogens is 1. The number of hydrogen-bond acceptors (Lipinski definition) is 4. The molecule has 0 saturated heterocycles. The predicted molar refractivity (Wildman–Crippen MR) is 124 cm³/mol. The van der Waals surface area contributed by atoms with E-state index in [1.54, 1.807) is 7.11 Å². The van der Waals surface area contributed by atoms with Gasteiger partial charge in [-0.1, -0.05) is 19.9 Å². The second-order valence-corrected chi connectivity index (χ2v) is 6.43. The lowest BCUT2D eigenvalue weighted by Gasteiger charge is -2.13. The third-order valence-electron chi connectivity index (χ3n) is 3.37. The number of nitrogens with zero attached hydrogens (tertiary/aromatic N) is 1. The Bertz CT molecular complexity index is 513. The first kappa shape index (κ1) is 25.9. The van der Waals surface area contributed by atoms with Crippen LogP contribution >= 0.6 is 24.0 Å². The van der Waals surface area contributed by atoms with Crippen molar-refractivity contribution in [2.24, 2.45) is 10.9 Å². The van der Waals surface area contributed by atoms with E-state index in [1.807, 2.05) is 24.3 Å². The zero-order valence-electron chi connectivity index (χ0n) is 17.1. The molecule has 1 aromatic rings. The van der Waals surface area contributed by atoms with Crippen molar-refractivity contribution >= 4 is 35.6 Å². The van der Waals surface area contributed by atoms with E-state index in [-0.39, 0.29) is 24.0 Å². The topological polar surface area (TPSA) is 64.1 Å². The average molecular weight is 493 g/mol. The van der Waals surface area contributed by atoms with Crippen molar-refractivity contribution in [3.05, 3.63) is 24.3 Å². The largest absolute Gasteiger partial charge is 0.493 e. The highest BCUT2D eigenvalue weighted by Crippen LogP contribution is 2.17. The molecule has 0 heterocycles. The third-order valence-corrected chi connectivity index (χ3v) is 3.37. The Morgan fingerprint density at radius 1 is 1.15 bits per heavy atom. The maximum absolute atomic E-state index is 5.74. The number of hydrogen-bond donors (Lipinski definition) is 2. The third kappa shape index (κ3) is 13.7. The van der Waals surface area contributed by atoms with Gasteiger partial charge in [-0.25, -0.2) is 0 Å². The summed E-state index contributed by atoms with van der Waals surface area (Å²) in [5, 5.41) is 6.58. The van der Waals surface area contributed by atoms with Gasteiger partial charge in [0, 0.05) is 58.2 Å². The molecule has 7 heteroatoms. The number of aliphatic imine (C=N–C) groups is 1. The molecule has 0 radical (unpaired) electrons. The second kappa shape index (κ2) is 17.1. The molecule has 0 fully saturated rings. The molecule has 1 aromatic carbocycles. The lowest BCUT2D eigenvalue weighted by Crippen LogP contribution is -2.30. The molecule has 0 spiro atoms. The minimum absolute atomic E-state index is 0. The van der Waals surface area contributed by atoms with Crippen LogP contribution < -0.4 is 15.4 Å². The zero-order chi connectivity index (χ0) is 19.0. The molecular formula is C20H36IN3O3. The average Bonchev–Trinajstić information content (AvgIpc) is 2.62. The van der Waals surface area contributed by atoms with Crippen LogP contribution in [0.4, 0.5) is 5.69 Å². The molecule has 0 atom stereocenters. The second-order valence-electron chi connectivity index (χ2n) is 6.43. The number of benzene rings is 1. The SMILES string of the molecule is CCNC(=NCCCOCC(C)C)Nc1cccc(OCCCOC)c1.I. The molecule has 0 aromatic heterocycles. The summed E-state index contributed by atoms with van der Waals surface area (Å²) in [6.45, 7) is 10.8. The minimum Gasteiger partial charge on any atom is -0.493 e. The molecular weight excluding hydrogens is 457 g/mol. The van der Waals surface area contributed by atoms with Crippen molar-refractivity contribution in [3.63, 3.8) is 0 Å². The fourth-order valence-electron chi connectivity index (χ4n) is 2.18. The van der Waals surface area contributed by atoms with Gasteiger partial charge in [0.25, 0.3) is 0 Å². The van der Waals surface area contributed by atoms with Gasteiger partial charge in [-0.3, -0.25) is 4.99 Å². The molecule has 27 heavy (non-hydrogen) atoms. The van der Waals surface area contributed by atoms with Gasteiger partial charge < -0.3 is 24.8 Å². The summed E-state index contributed by atoms with van der Waals surface area (Å²) in [7, 11) is 1.70. The first-order valence-electron chi connectivity index (χ1n) is 9.50. The van der Waals surface area contributed by atoms with E-state index in [1.165, 1.54) is 0 Å². The van der Waals surface area contributed by atoms with Crippen molar-refractivity contribution in [1.29, 1.82) is 0 Å². The lowest BCUT2D eigenvalue weighted by molar-refractivity contribution is 0.109. The van der Waals surface area contributed by atoms with Crippen LogP contribution in [0.25, 0.3) is 0 Å². The molecule has 6 nitrogen and oxygen atoms in total. The molecule has 0 amide bonds. The maximum atomic E-state index is 5.74. The standard InChI is InChI=1S/C20H35N3O3.HI/c1-5-21-20(22-11-7-13-25-16-17(2)3)23-18-9-6-10-19(15-18)26-14-8-12-24-4;/h6,9-10,15,17H,5,7-8,11-14,16H2,1-4H3,(H2,21,22,23);1H. The van der Waals surface area contributed by atoms with Gasteiger partial charge in [0.2, 0.25) is 0 Å². The zero-order valence-corrected chi connectivity index (χ0v) is 19.5. The Hall–Kier alpha value is -1.06. The Balaban J connectivity index is 0.00000676. The van der Waals surface area contributed by atoms with E-state index in [2.05, 4.69) is 36.4 Å². The Kier molecular flexibility index (Phi) is 16.4. The maximum Gasteiger partial charge on any atom is 0.195 e. The monoisotopic (exact) mass is 493 g/mol. The predicted octanol–water partition coefficient (Wildman–Crippen LogP) is 4.16. The first-order chi connectivity index (χ1) is 12.7. The summed E-state index contributed by atoms with van der Waals surface area (Å²) in [5.41, 5.74) is 0.949. The fraction of sp³-hybridized carbons (Fsp3) is 0.650. The van der Waals surface area contributed by atoms with Crippen molar-refractivity contribution in [1.82, 2.24) is 5.32 Å². The molecule has 2 N–H and O–H groups in total. The fourth-order valence-corrected chi connectivity index (χ4v) is 2.18. The molecule has 0 aliphatic heterocycles. The highest BCUT2D eigenvalue weighted by atomic mass is 127. The van der Waals surface area contributed by atoms with Crippen LogP contribution in [-0.2, 0) is 9.47 Å². The van der Waals surface area contributed by atoms with E-state index >= 15 is 0 Å². The minimum atomic E-state index is 0. The highest BCUT2D eigenvalue weighted by molar-refractivity contribution is 14.0. The van der Waals surface area contributed by atoms with Crippen LogP contribution in [0.5, 0.6) is 5.75 Å². The first-order valence-corrected chi connectivity index (χ1v) is 9.50. The number of anilines is 1. The van der Waals surface area contributed by atoms with Crippen LogP contribution in [0.2, 0.25) is 0 Å². The lowest BCUT2D eigenvalue weighted by atomic mass is 10.2. The highest BCUT2D eigenvalue weighted by Gasteiger charge is 2.01. The number of nitrogens with one attached hydrogen (secondary N) is 2. The van der Waals surface area contributed by atoms with Crippen molar-refractivity contribution in [2.45, 2.75) is 33.6 Å². The molecule has 0 unspecified atom stereocenters. The van der Waals surface area contributed by atoms with Crippen molar-refractivity contribution < 1.29 is 14.2 Å². The molecule has 0 aliphatic rings. The van der Waals surface area contributed by atoms with E-state index in [0.29, 0.717) is 19.1 Å². The van der Waals surface area contributed by atoms with Crippen LogP contribution in [0.15, 0.2) is 29.3 Å². The van der Waals surface area contributed by atoms with E-state index in [4.69, 9.17) is 14.2 Å². The van der Waals surface area contributed by atoms with Gasteiger partial charge in [-0.15, -0.1) is 24.0 Å². The summed E-state index contributed by atoms with van der Waals surface area (Å²) in [5.74, 6) is 2.18. The van der Waals surface area contributed by atoms with Gasteiger partial charge in [0.1, 0.15) is 5.75 Å². The van der Waals surface area contributed by atoms with Crippen LogP contribution in [-0.4, -0.2) is 52.6 Å². The normalized spacial score (nSPS) is 11.2. The van der Waals surface area contributed by atoms with Crippen LogP contribution in [0.1, 0.15) is 33.6 Å². The number of ether oxygens (including phenoxy) is 3. The van der Waals surface area contributed by atoms with Gasteiger partial charge in [-0.05, 0) is 31.4 Å². The molecule has 0 saturated carbocycles. The van der Waals surface area contributed by atoms with Gasteiger partial charge in [-0.2, -0.15) is 0 Å². The van der Waals surface area contributed by atoms with Crippen LogP contribution in [0.3, 0.4) is 0 Å². The Labute approximate surface area is 181 Å². The molecule has 156 valence electrons. The van der Waals surface area contributed by atoms with E-state index < -0.39 is 0 Å². The summed E-state index contributed by atoms with van der Waals surface area (Å²) in [4.78, 5) is 4.60. The summed E-state index contributed by atoms with van der Waals surface area (Å²) < 4.78 is 16.4.